The van der Waals surface area contributed by atoms with E-state index in [4.69, 9.17) is 16.3 Å². The van der Waals surface area contributed by atoms with E-state index in [9.17, 15) is 4.79 Å². The first-order chi connectivity index (χ1) is 12.3. The zero-order valence-electron chi connectivity index (χ0n) is 16.1. The van der Waals surface area contributed by atoms with Crippen LogP contribution in [0.5, 0.6) is 5.75 Å². The third-order valence-corrected chi connectivity index (χ3v) is 5.05. The highest BCUT2D eigenvalue weighted by Crippen LogP contribution is 2.28. The van der Waals surface area contributed by atoms with Crippen LogP contribution in [0.1, 0.15) is 51.2 Å². The number of hydrogen-bond donors (Lipinski definition) is 1. The van der Waals surface area contributed by atoms with Gasteiger partial charge in [-0.15, -0.1) is 0 Å². The van der Waals surface area contributed by atoms with Gasteiger partial charge in [0.2, 0.25) is 5.91 Å². The van der Waals surface area contributed by atoms with Gasteiger partial charge in [0.1, 0.15) is 5.75 Å². The summed E-state index contributed by atoms with van der Waals surface area (Å²) in [5.74, 6) is 0.811. The Morgan fingerprint density at radius 1 is 1.15 bits per heavy atom. The van der Waals surface area contributed by atoms with E-state index in [1.807, 2.05) is 31.2 Å². The number of carbonyl (C=O) groups is 1. The number of hydrogen-bond acceptors (Lipinski definition) is 2. The molecule has 0 aromatic heterocycles. The Labute approximate surface area is 161 Å². The topological polar surface area (TPSA) is 38.3 Å². The van der Waals surface area contributed by atoms with Crippen molar-refractivity contribution in [1.82, 2.24) is 0 Å². The Morgan fingerprint density at radius 2 is 1.85 bits per heavy atom. The third-order valence-electron chi connectivity index (χ3n) is 4.81. The second kappa shape index (κ2) is 9.09. The number of carbonyl (C=O) groups excluding carboxylic acids is 1. The minimum atomic E-state index is -0.0287. The summed E-state index contributed by atoms with van der Waals surface area (Å²) >= 11 is 5.97. The number of ether oxygens (including phenoxy) is 1. The average Bonchev–Trinajstić information content (AvgIpc) is 2.62. The Kier molecular flexibility index (Phi) is 7.10. The molecule has 0 aliphatic heterocycles. The van der Waals surface area contributed by atoms with E-state index in [0.29, 0.717) is 24.5 Å². The minimum absolute atomic E-state index is 0.0287. The van der Waals surface area contributed by atoms with Crippen molar-refractivity contribution in [3.05, 3.63) is 58.6 Å². The highest BCUT2D eigenvalue weighted by Gasteiger charge is 2.17. The zero-order chi connectivity index (χ0) is 19.2. The van der Waals surface area contributed by atoms with E-state index in [1.165, 1.54) is 5.56 Å². The highest BCUT2D eigenvalue weighted by atomic mass is 35.5. The fourth-order valence-corrected chi connectivity index (χ4v) is 2.74. The number of aryl methyl sites for hydroxylation is 1. The van der Waals surface area contributed by atoms with Gasteiger partial charge < -0.3 is 10.1 Å². The molecule has 0 bridgehead atoms. The summed E-state index contributed by atoms with van der Waals surface area (Å²) in [6, 6.07) is 13.7. The molecule has 140 valence electrons. The Balaban J connectivity index is 1.76. The van der Waals surface area contributed by atoms with E-state index in [0.717, 1.165) is 23.4 Å². The van der Waals surface area contributed by atoms with Gasteiger partial charge in [0.05, 0.1) is 6.61 Å². The average molecular weight is 374 g/mol. The molecule has 0 radical (unpaired) electrons. The fraction of sp³-hybridized carbons (Fsp3) is 0.409. The number of halogens is 1. The molecule has 1 amide bonds. The maximum atomic E-state index is 12.1. The van der Waals surface area contributed by atoms with E-state index in [-0.39, 0.29) is 11.3 Å². The molecule has 0 saturated heterocycles. The molecule has 0 saturated carbocycles. The molecule has 0 aliphatic rings. The zero-order valence-corrected chi connectivity index (χ0v) is 16.8. The summed E-state index contributed by atoms with van der Waals surface area (Å²) in [5, 5.41) is 3.52. The molecule has 2 aromatic rings. The van der Waals surface area contributed by atoms with Gasteiger partial charge >= 0.3 is 0 Å². The molecule has 0 heterocycles. The lowest BCUT2D eigenvalue weighted by Crippen LogP contribution is -2.15. The molecule has 1 N–H and O–H groups in total. The van der Waals surface area contributed by atoms with Gasteiger partial charge in [0.15, 0.2) is 0 Å². The predicted octanol–water partition coefficient (Wildman–Crippen LogP) is 6.13. The van der Waals surface area contributed by atoms with Crippen molar-refractivity contribution in [2.75, 3.05) is 11.9 Å². The van der Waals surface area contributed by atoms with Crippen LogP contribution < -0.4 is 10.1 Å². The third kappa shape index (κ3) is 5.77. The summed E-state index contributed by atoms with van der Waals surface area (Å²) < 4.78 is 5.75. The quantitative estimate of drug-likeness (QED) is 0.565. The fourth-order valence-electron chi connectivity index (χ4n) is 2.57. The van der Waals surface area contributed by atoms with Crippen LogP contribution in [0, 0.1) is 6.92 Å². The van der Waals surface area contributed by atoms with Crippen molar-refractivity contribution in [1.29, 1.82) is 0 Å². The van der Waals surface area contributed by atoms with Gasteiger partial charge in [0, 0.05) is 17.1 Å². The molecule has 3 nitrogen and oxygen atoms in total. The van der Waals surface area contributed by atoms with Crippen molar-refractivity contribution in [3.8, 4) is 5.75 Å². The van der Waals surface area contributed by atoms with Crippen LogP contribution >= 0.6 is 11.6 Å². The molecule has 0 atom stereocenters. The first-order valence-corrected chi connectivity index (χ1v) is 9.49. The Morgan fingerprint density at radius 3 is 2.50 bits per heavy atom. The molecular weight excluding hydrogens is 346 g/mol. The maximum Gasteiger partial charge on any atom is 0.224 e. The van der Waals surface area contributed by atoms with Gasteiger partial charge in [0.25, 0.3) is 0 Å². The molecule has 2 rings (SSSR count). The number of rotatable bonds is 8. The summed E-state index contributed by atoms with van der Waals surface area (Å²) in [4.78, 5) is 12.1. The molecular formula is C22H28ClNO2. The number of anilines is 1. The van der Waals surface area contributed by atoms with Crippen LogP contribution in [0.15, 0.2) is 42.5 Å². The van der Waals surface area contributed by atoms with Crippen molar-refractivity contribution in [2.24, 2.45) is 0 Å². The van der Waals surface area contributed by atoms with Crippen LogP contribution in [0.4, 0.5) is 5.69 Å². The Bertz CT molecular complexity index is 738. The first kappa shape index (κ1) is 20.3. The predicted molar refractivity (Wildman–Crippen MR) is 109 cm³/mol. The van der Waals surface area contributed by atoms with Crippen molar-refractivity contribution >= 4 is 23.2 Å². The lowest BCUT2D eigenvalue weighted by atomic mass is 9.82. The summed E-state index contributed by atoms with van der Waals surface area (Å²) in [6.07, 6.45) is 2.16. The molecule has 4 heteroatoms. The van der Waals surface area contributed by atoms with Crippen LogP contribution in [-0.2, 0) is 10.2 Å². The standard InChI is InChI=1S/C22H28ClNO2/c1-5-22(3,4)17-9-12-19(13-10-17)26-14-6-7-21(25)24-20-15-18(23)11-8-16(20)2/h8-13,15H,5-7,14H2,1-4H3,(H,24,25). The minimum Gasteiger partial charge on any atom is -0.494 e. The smallest absolute Gasteiger partial charge is 0.224 e. The van der Waals surface area contributed by atoms with Gasteiger partial charge in [-0.05, 0) is 60.6 Å². The molecule has 0 spiro atoms. The monoisotopic (exact) mass is 373 g/mol. The number of nitrogens with one attached hydrogen (secondary N) is 1. The highest BCUT2D eigenvalue weighted by molar-refractivity contribution is 6.31. The van der Waals surface area contributed by atoms with Crippen molar-refractivity contribution < 1.29 is 9.53 Å². The van der Waals surface area contributed by atoms with Crippen LogP contribution in [0.3, 0.4) is 0 Å². The van der Waals surface area contributed by atoms with Crippen LogP contribution in [0.2, 0.25) is 5.02 Å². The summed E-state index contributed by atoms with van der Waals surface area (Å²) in [7, 11) is 0. The number of benzene rings is 2. The van der Waals surface area contributed by atoms with E-state index >= 15 is 0 Å². The molecule has 0 aliphatic carbocycles. The first-order valence-electron chi connectivity index (χ1n) is 9.11. The number of amides is 1. The van der Waals surface area contributed by atoms with Gasteiger partial charge in [-0.3, -0.25) is 4.79 Å². The normalized spacial score (nSPS) is 11.3. The summed E-state index contributed by atoms with van der Waals surface area (Å²) in [6.45, 7) is 9.13. The largest absolute Gasteiger partial charge is 0.494 e. The lowest BCUT2D eigenvalue weighted by molar-refractivity contribution is -0.116. The molecule has 2 aromatic carbocycles. The second-order valence-electron chi connectivity index (χ2n) is 7.22. The Hall–Kier alpha value is -2.00. The SMILES string of the molecule is CCC(C)(C)c1ccc(OCCCC(=O)Nc2cc(Cl)ccc2C)cc1. The van der Waals surface area contributed by atoms with Crippen LogP contribution in [-0.4, -0.2) is 12.5 Å². The van der Waals surface area contributed by atoms with Crippen molar-refractivity contribution in [3.63, 3.8) is 0 Å². The van der Waals surface area contributed by atoms with E-state index in [2.05, 4.69) is 38.2 Å². The van der Waals surface area contributed by atoms with Crippen LogP contribution in [0.25, 0.3) is 0 Å². The summed E-state index contributed by atoms with van der Waals surface area (Å²) in [5.41, 5.74) is 3.24. The molecule has 26 heavy (non-hydrogen) atoms. The van der Waals surface area contributed by atoms with Crippen molar-refractivity contribution in [2.45, 2.75) is 52.4 Å². The maximum absolute atomic E-state index is 12.1. The van der Waals surface area contributed by atoms with Gasteiger partial charge in [-0.1, -0.05) is 50.6 Å². The van der Waals surface area contributed by atoms with Gasteiger partial charge in [-0.2, -0.15) is 0 Å². The van der Waals surface area contributed by atoms with Gasteiger partial charge in [-0.25, -0.2) is 0 Å². The second-order valence-corrected chi connectivity index (χ2v) is 7.66. The molecule has 0 fully saturated rings. The molecule has 0 unspecified atom stereocenters. The lowest BCUT2D eigenvalue weighted by Gasteiger charge is -2.23. The van der Waals surface area contributed by atoms with E-state index < -0.39 is 0 Å². The van der Waals surface area contributed by atoms with E-state index in [1.54, 1.807) is 6.07 Å².